The zero-order valence-electron chi connectivity index (χ0n) is 12.2. The number of thiophene rings is 1. The first-order chi connectivity index (χ1) is 10.9. The van der Waals surface area contributed by atoms with Crippen molar-refractivity contribution in [2.45, 2.75) is 13.0 Å². The van der Waals surface area contributed by atoms with Crippen LogP contribution in [0.1, 0.15) is 10.6 Å². The van der Waals surface area contributed by atoms with Crippen LogP contribution in [0, 0.1) is 0 Å². The van der Waals surface area contributed by atoms with E-state index in [0.717, 1.165) is 30.7 Å². The Bertz CT molecular complexity index is 765. The average molecular weight is 307 g/mol. The molecule has 0 aliphatic rings. The van der Waals surface area contributed by atoms with Gasteiger partial charge in [-0.2, -0.15) is 5.10 Å². The third-order valence-electron chi connectivity index (χ3n) is 3.75. The lowest BCUT2D eigenvalue weighted by Crippen LogP contribution is -2.16. The van der Waals surface area contributed by atoms with Gasteiger partial charge in [-0.3, -0.25) is 0 Å². The molecule has 0 aliphatic heterocycles. The first-order valence-corrected chi connectivity index (χ1v) is 8.32. The fourth-order valence-electron chi connectivity index (χ4n) is 2.67. The Kier molecular flexibility index (Phi) is 3.62. The summed E-state index contributed by atoms with van der Waals surface area (Å²) in [6, 6.07) is 19.1. The summed E-state index contributed by atoms with van der Waals surface area (Å²) in [5, 5.41) is 9.38. The zero-order chi connectivity index (χ0) is 14.8. The SMILES string of the molecule is c1ccc2sc(CCNCc3cc4ccccn4n3)cc2c1. The molecule has 0 radical (unpaired) electrons. The number of nitrogens with zero attached hydrogens (tertiary/aromatic N) is 2. The highest BCUT2D eigenvalue weighted by Gasteiger charge is 2.02. The number of hydrogen-bond donors (Lipinski definition) is 1. The zero-order valence-corrected chi connectivity index (χ0v) is 13.0. The first kappa shape index (κ1) is 13.5. The number of pyridine rings is 1. The minimum atomic E-state index is 0.812. The predicted octanol–water partition coefficient (Wildman–Crippen LogP) is 3.88. The second-order valence-corrected chi connectivity index (χ2v) is 6.55. The Morgan fingerprint density at radius 2 is 1.95 bits per heavy atom. The monoisotopic (exact) mass is 307 g/mol. The van der Waals surface area contributed by atoms with E-state index in [1.165, 1.54) is 15.0 Å². The molecule has 4 aromatic rings. The van der Waals surface area contributed by atoms with E-state index in [4.69, 9.17) is 0 Å². The molecule has 22 heavy (non-hydrogen) atoms. The average Bonchev–Trinajstić information content (AvgIpc) is 3.14. The summed E-state index contributed by atoms with van der Waals surface area (Å²) in [6.45, 7) is 1.78. The van der Waals surface area contributed by atoms with Crippen LogP contribution < -0.4 is 5.32 Å². The molecule has 0 unspecified atom stereocenters. The second-order valence-electron chi connectivity index (χ2n) is 5.38. The molecule has 0 bridgehead atoms. The molecule has 110 valence electrons. The van der Waals surface area contributed by atoms with Crippen molar-refractivity contribution in [3.8, 4) is 0 Å². The maximum Gasteiger partial charge on any atom is 0.0773 e. The van der Waals surface area contributed by atoms with Crippen LogP contribution in [0.25, 0.3) is 15.6 Å². The lowest BCUT2D eigenvalue weighted by atomic mass is 10.2. The maximum absolute atomic E-state index is 4.55. The molecule has 0 spiro atoms. The van der Waals surface area contributed by atoms with E-state index in [-0.39, 0.29) is 0 Å². The summed E-state index contributed by atoms with van der Waals surface area (Å²) in [5.74, 6) is 0. The molecule has 1 aromatic carbocycles. The molecule has 3 nitrogen and oxygen atoms in total. The van der Waals surface area contributed by atoms with E-state index >= 15 is 0 Å². The largest absolute Gasteiger partial charge is 0.311 e. The second kappa shape index (κ2) is 5.91. The van der Waals surface area contributed by atoms with Gasteiger partial charge >= 0.3 is 0 Å². The highest BCUT2D eigenvalue weighted by Crippen LogP contribution is 2.25. The van der Waals surface area contributed by atoms with Crippen LogP contribution in [0.5, 0.6) is 0 Å². The summed E-state index contributed by atoms with van der Waals surface area (Å²) >= 11 is 1.89. The van der Waals surface area contributed by atoms with Crippen molar-refractivity contribution < 1.29 is 0 Å². The lowest BCUT2D eigenvalue weighted by molar-refractivity contribution is 0.672. The van der Waals surface area contributed by atoms with Gasteiger partial charge in [-0.15, -0.1) is 11.3 Å². The molecule has 0 saturated carbocycles. The predicted molar refractivity (Wildman–Crippen MR) is 92.4 cm³/mol. The van der Waals surface area contributed by atoms with Gasteiger partial charge in [-0.1, -0.05) is 24.3 Å². The number of fused-ring (bicyclic) bond motifs is 2. The summed E-state index contributed by atoms with van der Waals surface area (Å²) < 4.78 is 3.29. The third kappa shape index (κ3) is 2.75. The highest BCUT2D eigenvalue weighted by molar-refractivity contribution is 7.19. The van der Waals surface area contributed by atoms with E-state index < -0.39 is 0 Å². The maximum atomic E-state index is 4.55. The van der Waals surface area contributed by atoms with Gasteiger partial charge in [0.15, 0.2) is 0 Å². The summed E-state index contributed by atoms with van der Waals surface area (Å²) in [5.41, 5.74) is 2.23. The van der Waals surface area contributed by atoms with Gasteiger partial charge in [-0.25, -0.2) is 4.52 Å². The van der Waals surface area contributed by atoms with E-state index in [0.29, 0.717) is 0 Å². The van der Waals surface area contributed by atoms with Crippen LogP contribution in [-0.2, 0) is 13.0 Å². The van der Waals surface area contributed by atoms with Crippen LogP contribution in [0.15, 0.2) is 60.8 Å². The van der Waals surface area contributed by atoms with Gasteiger partial charge in [0.2, 0.25) is 0 Å². The topological polar surface area (TPSA) is 29.3 Å². The molecule has 4 heteroatoms. The van der Waals surface area contributed by atoms with Crippen molar-refractivity contribution >= 4 is 26.9 Å². The number of nitrogens with one attached hydrogen (secondary N) is 1. The van der Waals surface area contributed by atoms with Crippen molar-refractivity contribution in [1.29, 1.82) is 0 Å². The molecule has 0 saturated heterocycles. The van der Waals surface area contributed by atoms with Gasteiger partial charge in [0.1, 0.15) is 0 Å². The van der Waals surface area contributed by atoms with Crippen LogP contribution in [0.2, 0.25) is 0 Å². The van der Waals surface area contributed by atoms with Crippen LogP contribution in [0.3, 0.4) is 0 Å². The van der Waals surface area contributed by atoms with E-state index in [1.807, 2.05) is 34.2 Å². The summed E-state index contributed by atoms with van der Waals surface area (Å²) in [6.07, 6.45) is 3.04. The Morgan fingerprint density at radius 3 is 2.86 bits per heavy atom. The van der Waals surface area contributed by atoms with Crippen LogP contribution >= 0.6 is 11.3 Å². The Morgan fingerprint density at radius 1 is 1.05 bits per heavy atom. The smallest absolute Gasteiger partial charge is 0.0773 e. The number of rotatable bonds is 5. The number of hydrogen-bond acceptors (Lipinski definition) is 3. The normalized spacial score (nSPS) is 11.5. The minimum absolute atomic E-state index is 0.812. The fraction of sp³-hybridized carbons (Fsp3) is 0.167. The molecule has 3 heterocycles. The Labute approximate surface area is 133 Å². The number of benzene rings is 1. The summed E-state index contributed by atoms with van der Waals surface area (Å²) in [4.78, 5) is 1.43. The van der Waals surface area contributed by atoms with E-state index in [2.05, 4.69) is 52.9 Å². The van der Waals surface area contributed by atoms with Crippen molar-refractivity contribution in [1.82, 2.24) is 14.9 Å². The number of aromatic nitrogens is 2. The molecule has 0 fully saturated rings. The van der Waals surface area contributed by atoms with Gasteiger partial charge in [0.25, 0.3) is 0 Å². The van der Waals surface area contributed by atoms with Crippen molar-refractivity contribution in [2.24, 2.45) is 0 Å². The Balaban J connectivity index is 1.35. The fourth-order valence-corrected chi connectivity index (χ4v) is 3.73. The van der Waals surface area contributed by atoms with Crippen LogP contribution in [0.4, 0.5) is 0 Å². The molecule has 0 amide bonds. The molecular formula is C18H17N3S. The van der Waals surface area contributed by atoms with Crippen molar-refractivity contribution in [2.75, 3.05) is 6.54 Å². The van der Waals surface area contributed by atoms with Crippen molar-refractivity contribution in [3.63, 3.8) is 0 Å². The standard InChI is InChI=1S/C18H17N3S/c1-2-7-18-14(5-1)11-17(22-18)8-9-19-13-15-12-16-6-3-4-10-21(16)20-15/h1-7,10-12,19H,8-9,13H2. The first-order valence-electron chi connectivity index (χ1n) is 7.50. The molecule has 1 N–H and O–H groups in total. The van der Waals surface area contributed by atoms with E-state index in [1.54, 1.807) is 0 Å². The molecule has 3 aromatic heterocycles. The quantitative estimate of drug-likeness (QED) is 0.567. The van der Waals surface area contributed by atoms with Gasteiger partial charge < -0.3 is 5.32 Å². The third-order valence-corrected chi connectivity index (χ3v) is 4.93. The van der Waals surface area contributed by atoms with E-state index in [9.17, 15) is 0 Å². The minimum Gasteiger partial charge on any atom is -0.311 e. The van der Waals surface area contributed by atoms with Gasteiger partial charge in [0.05, 0.1) is 11.2 Å². The van der Waals surface area contributed by atoms with Crippen molar-refractivity contribution in [3.05, 3.63) is 71.4 Å². The van der Waals surface area contributed by atoms with Crippen LogP contribution in [-0.4, -0.2) is 16.2 Å². The molecule has 4 rings (SSSR count). The van der Waals surface area contributed by atoms with Gasteiger partial charge in [0, 0.05) is 28.9 Å². The molecular weight excluding hydrogens is 290 g/mol. The highest BCUT2D eigenvalue weighted by atomic mass is 32.1. The Hall–Kier alpha value is -2.17. The molecule has 0 atom stereocenters. The summed E-state index contributed by atoms with van der Waals surface area (Å²) in [7, 11) is 0. The lowest BCUT2D eigenvalue weighted by Gasteiger charge is -2.00. The van der Waals surface area contributed by atoms with Gasteiger partial charge in [-0.05, 0) is 42.1 Å². The molecule has 0 aliphatic carbocycles.